The normalized spacial score (nSPS) is 14.0. The predicted octanol–water partition coefficient (Wildman–Crippen LogP) is 3.62. The van der Waals surface area contributed by atoms with E-state index < -0.39 is 5.97 Å². The maximum Gasteiger partial charge on any atom is 0.342 e. The molecule has 0 unspecified atom stereocenters. The highest BCUT2D eigenvalue weighted by molar-refractivity contribution is 6.03. The monoisotopic (exact) mass is 552 g/mol. The minimum absolute atomic E-state index is 0.416. The molecule has 210 valence electrons. The first-order valence-electron chi connectivity index (χ1n) is 13.5. The van der Waals surface area contributed by atoms with Crippen molar-refractivity contribution >= 4 is 17.3 Å². The third kappa shape index (κ3) is 5.23. The van der Waals surface area contributed by atoms with Crippen molar-refractivity contribution in [3.05, 3.63) is 78.1 Å². The summed E-state index contributed by atoms with van der Waals surface area (Å²) in [6, 6.07) is 10.1. The number of esters is 1. The quantitative estimate of drug-likeness (QED) is 0.280. The summed E-state index contributed by atoms with van der Waals surface area (Å²) in [6.07, 6.45) is 9.43. The van der Waals surface area contributed by atoms with Crippen molar-refractivity contribution in [2.24, 2.45) is 7.05 Å². The van der Waals surface area contributed by atoms with Crippen molar-refractivity contribution in [1.82, 2.24) is 34.3 Å². The van der Waals surface area contributed by atoms with Gasteiger partial charge in [0.1, 0.15) is 11.4 Å². The van der Waals surface area contributed by atoms with Crippen LogP contribution in [0.15, 0.2) is 61.3 Å². The Morgan fingerprint density at radius 1 is 0.927 bits per heavy atom. The molecule has 1 fully saturated rings. The number of pyridine rings is 3. The van der Waals surface area contributed by atoms with Crippen molar-refractivity contribution in [3.8, 4) is 28.1 Å². The first-order valence-corrected chi connectivity index (χ1v) is 13.5. The van der Waals surface area contributed by atoms with Crippen molar-refractivity contribution in [1.29, 1.82) is 0 Å². The Morgan fingerprint density at radius 3 is 2.39 bits per heavy atom. The van der Waals surface area contributed by atoms with Gasteiger partial charge >= 0.3 is 5.97 Å². The average molecular weight is 553 g/mol. The number of anilines is 1. The molecule has 0 aliphatic carbocycles. The van der Waals surface area contributed by atoms with Gasteiger partial charge in [0, 0.05) is 92.9 Å². The molecular weight excluding hydrogens is 520 g/mol. The Labute approximate surface area is 238 Å². The van der Waals surface area contributed by atoms with Gasteiger partial charge in [-0.05, 0) is 30.7 Å². The maximum absolute atomic E-state index is 12.8. The third-order valence-electron chi connectivity index (χ3n) is 7.50. The van der Waals surface area contributed by atoms with Crippen LogP contribution in [0.1, 0.15) is 21.6 Å². The van der Waals surface area contributed by atoms with Crippen LogP contribution in [0.4, 0.5) is 5.82 Å². The van der Waals surface area contributed by atoms with Crippen molar-refractivity contribution in [3.63, 3.8) is 0 Å². The zero-order valence-corrected chi connectivity index (χ0v) is 23.6. The molecule has 0 saturated carbocycles. The Bertz CT molecular complexity index is 1680. The number of fused-ring (bicyclic) bond motifs is 1. The van der Waals surface area contributed by atoms with Gasteiger partial charge in [-0.25, -0.2) is 19.3 Å². The Kier molecular flexibility index (Phi) is 7.10. The second kappa shape index (κ2) is 11.0. The van der Waals surface area contributed by atoms with Crippen LogP contribution in [0.25, 0.3) is 27.8 Å². The molecule has 0 radical (unpaired) electrons. The summed E-state index contributed by atoms with van der Waals surface area (Å²) < 4.78 is 13.8. The van der Waals surface area contributed by atoms with Gasteiger partial charge in [-0.15, -0.1) is 0 Å². The SMILES string of the molecule is COC(=O)c1c(C)nn2cc(-c3cnn(C)c3)cc(-c3ccc(N4CCN(Cc5ccc(OC)nc5)CC4)nc3)c12. The molecule has 5 aromatic rings. The molecule has 0 atom stereocenters. The zero-order chi connectivity index (χ0) is 28.5. The first kappa shape index (κ1) is 26.5. The fraction of sp³-hybridized carbons (Fsp3) is 0.300. The molecule has 11 nitrogen and oxygen atoms in total. The molecule has 1 aliphatic heterocycles. The highest BCUT2D eigenvalue weighted by atomic mass is 16.5. The molecular formula is C30H32N8O3. The number of hydrogen-bond donors (Lipinski definition) is 0. The summed E-state index contributed by atoms with van der Waals surface area (Å²) in [7, 11) is 4.90. The molecule has 0 N–H and O–H groups in total. The molecule has 1 saturated heterocycles. The van der Waals surface area contributed by atoms with E-state index in [9.17, 15) is 4.79 Å². The van der Waals surface area contributed by atoms with Crippen LogP contribution in [0.5, 0.6) is 5.88 Å². The van der Waals surface area contributed by atoms with Gasteiger partial charge in [0.25, 0.3) is 0 Å². The van der Waals surface area contributed by atoms with Crippen LogP contribution < -0.4 is 9.64 Å². The van der Waals surface area contributed by atoms with E-state index in [4.69, 9.17) is 14.5 Å². The van der Waals surface area contributed by atoms with Crippen molar-refractivity contribution in [2.45, 2.75) is 13.5 Å². The van der Waals surface area contributed by atoms with E-state index in [0.29, 0.717) is 22.7 Å². The zero-order valence-electron chi connectivity index (χ0n) is 23.6. The number of carbonyl (C=O) groups excluding carboxylic acids is 1. The Morgan fingerprint density at radius 2 is 1.76 bits per heavy atom. The Hall–Kier alpha value is -4.77. The van der Waals surface area contributed by atoms with E-state index in [1.54, 1.807) is 16.3 Å². The number of rotatable bonds is 7. The van der Waals surface area contributed by atoms with E-state index in [0.717, 1.165) is 60.8 Å². The van der Waals surface area contributed by atoms with Crippen molar-refractivity contribution < 1.29 is 14.3 Å². The summed E-state index contributed by atoms with van der Waals surface area (Å²) in [5.74, 6) is 1.14. The number of methoxy groups -OCH3 is 2. The molecule has 0 spiro atoms. The molecule has 41 heavy (non-hydrogen) atoms. The number of nitrogens with zero attached hydrogens (tertiary/aromatic N) is 8. The average Bonchev–Trinajstić information content (AvgIpc) is 3.59. The third-order valence-corrected chi connectivity index (χ3v) is 7.50. The summed E-state index contributed by atoms with van der Waals surface area (Å²) in [5, 5.41) is 8.97. The molecule has 6 rings (SSSR count). The summed E-state index contributed by atoms with van der Waals surface area (Å²) in [4.78, 5) is 26.6. The highest BCUT2D eigenvalue weighted by Crippen LogP contribution is 2.34. The molecule has 0 aromatic carbocycles. The van der Waals surface area contributed by atoms with Crippen LogP contribution in [-0.4, -0.2) is 80.6 Å². The van der Waals surface area contributed by atoms with E-state index in [1.165, 1.54) is 12.7 Å². The number of hydrogen-bond acceptors (Lipinski definition) is 9. The molecule has 5 aromatic heterocycles. The second-order valence-corrected chi connectivity index (χ2v) is 10.2. The lowest BCUT2D eigenvalue weighted by molar-refractivity contribution is 0.0602. The molecule has 6 heterocycles. The second-order valence-electron chi connectivity index (χ2n) is 10.2. The summed E-state index contributed by atoms with van der Waals surface area (Å²) in [5.41, 5.74) is 6.55. The number of aryl methyl sites for hydroxylation is 2. The smallest absolute Gasteiger partial charge is 0.342 e. The van der Waals surface area contributed by atoms with Crippen molar-refractivity contribution in [2.75, 3.05) is 45.3 Å². The predicted molar refractivity (Wildman–Crippen MR) is 155 cm³/mol. The summed E-state index contributed by atoms with van der Waals surface area (Å²) in [6.45, 7) is 6.30. The lowest BCUT2D eigenvalue weighted by Gasteiger charge is -2.35. The van der Waals surface area contributed by atoms with Crippen LogP contribution in [0, 0.1) is 6.92 Å². The van der Waals surface area contributed by atoms with Crippen LogP contribution in [0.2, 0.25) is 0 Å². The van der Waals surface area contributed by atoms with Crippen LogP contribution in [-0.2, 0) is 18.3 Å². The first-order chi connectivity index (χ1) is 19.9. The molecule has 1 aliphatic rings. The Balaban J connectivity index is 1.26. The van der Waals surface area contributed by atoms with Gasteiger partial charge in [-0.3, -0.25) is 9.58 Å². The van der Waals surface area contributed by atoms with E-state index in [2.05, 4.69) is 43.2 Å². The van der Waals surface area contributed by atoms with E-state index >= 15 is 0 Å². The van der Waals surface area contributed by atoms with Gasteiger partial charge in [0.2, 0.25) is 5.88 Å². The topological polar surface area (TPSA) is 103 Å². The number of piperazine rings is 1. The fourth-order valence-corrected chi connectivity index (χ4v) is 5.34. The standard InChI is InChI=1S/C30H32N8O3/c1-20-28(30(39)41-4)29-25(13-23(19-38(29)34-20)24-16-33-35(2)18-24)22-6-7-26(31-15-22)37-11-9-36(10-12-37)17-21-5-8-27(40-3)32-14-21/h5-8,13-16,18-19H,9-12,17H2,1-4H3. The van der Waals surface area contributed by atoms with Gasteiger partial charge in [0.15, 0.2) is 0 Å². The van der Waals surface area contributed by atoms with Gasteiger partial charge < -0.3 is 14.4 Å². The number of ether oxygens (including phenoxy) is 2. The molecule has 0 bridgehead atoms. The van der Waals surface area contributed by atoms with E-state index in [-0.39, 0.29) is 0 Å². The lowest BCUT2D eigenvalue weighted by Crippen LogP contribution is -2.46. The number of carbonyl (C=O) groups is 1. The van der Waals surface area contributed by atoms with Gasteiger partial charge in [-0.1, -0.05) is 6.07 Å². The lowest BCUT2D eigenvalue weighted by atomic mass is 10.0. The largest absolute Gasteiger partial charge is 0.481 e. The van der Waals surface area contributed by atoms with Gasteiger partial charge in [-0.2, -0.15) is 10.2 Å². The van der Waals surface area contributed by atoms with Crippen LogP contribution in [0.3, 0.4) is 0 Å². The fourth-order valence-electron chi connectivity index (χ4n) is 5.34. The van der Waals surface area contributed by atoms with Gasteiger partial charge in [0.05, 0.1) is 31.6 Å². The highest BCUT2D eigenvalue weighted by Gasteiger charge is 2.23. The minimum Gasteiger partial charge on any atom is -0.481 e. The van der Waals surface area contributed by atoms with E-state index in [1.807, 2.05) is 57.1 Å². The molecule has 11 heteroatoms. The summed E-state index contributed by atoms with van der Waals surface area (Å²) >= 11 is 0. The van der Waals surface area contributed by atoms with Crippen LogP contribution >= 0.6 is 0 Å². The molecule has 0 amide bonds. The minimum atomic E-state index is -0.416. The maximum atomic E-state index is 12.8. The number of aromatic nitrogens is 6.